The first-order valence-corrected chi connectivity index (χ1v) is 7.35. The molecule has 94 valence electrons. The lowest BCUT2D eigenvalue weighted by Crippen LogP contribution is -2.33. The second kappa shape index (κ2) is 4.90. The molecule has 2 heterocycles. The van der Waals surface area contributed by atoms with Gasteiger partial charge in [-0.3, -0.25) is 0 Å². The van der Waals surface area contributed by atoms with Gasteiger partial charge in [0.05, 0.1) is 6.54 Å². The molecule has 1 unspecified atom stereocenters. The predicted octanol–water partition coefficient (Wildman–Crippen LogP) is 4.00. The average Bonchev–Trinajstić information content (AvgIpc) is 2.74. The van der Waals surface area contributed by atoms with Gasteiger partial charge in [-0.2, -0.15) is 0 Å². The highest BCUT2D eigenvalue weighted by atomic mass is 35.5. The Kier molecular flexibility index (Phi) is 3.27. The first-order valence-electron chi connectivity index (χ1n) is 6.15. The molecule has 0 spiro atoms. The van der Waals surface area contributed by atoms with E-state index >= 15 is 0 Å². The van der Waals surface area contributed by atoms with Crippen LogP contribution in [-0.4, -0.2) is 11.5 Å². The molecule has 1 aliphatic rings. The number of fused-ring (bicyclic) bond motifs is 1. The van der Waals surface area contributed by atoms with Crippen molar-refractivity contribution in [2.75, 3.05) is 11.4 Å². The van der Waals surface area contributed by atoms with E-state index < -0.39 is 0 Å². The van der Waals surface area contributed by atoms with Crippen molar-refractivity contribution in [2.45, 2.75) is 19.9 Å². The third-order valence-electron chi connectivity index (χ3n) is 3.30. The van der Waals surface area contributed by atoms with Crippen LogP contribution in [0.25, 0.3) is 0 Å². The Bertz CT molecular complexity index is 552. The molecule has 4 heteroatoms. The fourth-order valence-electron chi connectivity index (χ4n) is 2.60. The number of halogens is 1. The maximum absolute atomic E-state index is 5.90. The first kappa shape index (κ1) is 12.0. The molecule has 1 atom stereocenters. The number of nitrogens with zero attached hydrogens (tertiary/aromatic N) is 2. The van der Waals surface area contributed by atoms with Gasteiger partial charge in [0.2, 0.25) is 0 Å². The van der Waals surface area contributed by atoms with Crippen molar-refractivity contribution in [3.05, 3.63) is 45.4 Å². The second-order valence-electron chi connectivity index (χ2n) is 4.90. The zero-order valence-corrected chi connectivity index (χ0v) is 11.8. The molecular weight excluding hydrogens is 264 g/mol. The number of hydrogen-bond acceptors (Lipinski definition) is 3. The van der Waals surface area contributed by atoms with Crippen LogP contribution in [0.15, 0.2) is 30.5 Å². The Morgan fingerprint density at radius 1 is 1.44 bits per heavy atom. The number of benzene rings is 1. The number of thiazole rings is 1. The molecule has 2 aromatic rings. The van der Waals surface area contributed by atoms with Gasteiger partial charge in [-0.15, -0.1) is 11.3 Å². The summed E-state index contributed by atoms with van der Waals surface area (Å²) in [6.45, 7) is 4.32. The molecule has 0 bridgehead atoms. The lowest BCUT2D eigenvalue weighted by Gasteiger charge is -2.34. The number of para-hydroxylation sites is 1. The molecule has 0 radical (unpaired) electrons. The molecule has 0 saturated carbocycles. The maximum atomic E-state index is 5.90. The van der Waals surface area contributed by atoms with Gasteiger partial charge in [0, 0.05) is 23.3 Å². The molecule has 0 aliphatic carbocycles. The van der Waals surface area contributed by atoms with Gasteiger partial charge in [0.1, 0.15) is 0 Å². The maximum Gasteiger partial charge on any atom is 0.183 e. The van der Waals surface area contributed by atoms with Crippen LogP contribution >= 0.6 is 22.9 Å². The molecule has 0 amide bonds. The summed E-state index contributed by atoms with van der Waals surface area (Å²) < 4.78 is 0.628. The Morgan fingerprint density at radius 2 is 2.28 bits per heavy atom. The molecule has 0 saturated heterocycles. The Balaban J connectivity index is 1.88. The number of anilines is 1. The predicted molar refractivity (Wildman–Crippen MR) is 77.5 cm³/mol. The third kappa shape index (κ3) is 2.38. The number of rotatable bonds is 2. The van der Waals surface area contributed by atoms with Crippen LogP contribution in [0.2, 0.25) is 4.47 Å². The largest absolute Gasteiger partial charge is 0.366 e. The lowest BCUT2D eigenvalue weighted by atomic mass is 9.94. The van der Waals surface area contributed by atoms with Gasteiger partial charge >= 0.3 is 0 Å². The van der Waals surface area contributed by atoms with Crippen LogP contribution in [0, 0.1) is 5.92 Å². The van der Waals surface area contributed by atoms with E-state index in [2.05, 4.69) is 41.1 Å². The second-order valence-corrected chi connectivity index (χ2v) is 6.60. The number of hydrogen-bond donors (Lipinski definition) is 0. The van der Waals surface area contributed by atoms with Gasteiger partial charge in [0.25, 0.3) is 0 Å². The number of aromatic nitrogens is 1. The fraction of sp³-hybridized carbons (Fsp3) is 0.357. The molecule has 0 N–H and O–H groups in total. The van der Waals surface area contributed by atoms with Crippen molar-refractivity contribution in [2.24, 2.45) is 5.92 Å². The Labute approximate surface area is 116 Å². The average molecular weight is 279 g/mol. The van der Waals surface area contributed by atoms with Gasteiger partial charge in [-0.05, 0) is 24.0 Å². The van der Waals surface area contributed by atoms with Crippen molar-refractivity contribution in [1.29, 1.82) is 0 Å². The first-order chi connectivity index (χ1) is 8.72. The van der Waals surface area contributed by atoms with Gasteiger partial charge in [-0.25, -0.2) is 4.98 Å². The summed E-state index contributed by atoms with van der Waals surface area (Å²) >= 11 is 7.47. The smallest absolute Gasteiger partial charge is 0.183 e. The molecule has 1 aromatic heterocycles. The summed E-state index contributed by atoms with van der Waals surface area (Å²) in [5.74, 6) is 0.697. The van der Waals surface area contributed by atoms with E-state index in [1.165, 1.54) is 22.5 Å². The molecule has 2 nitrogen and oxygen atoms in total. The molecule has 3 rings (SSSR count). The molecule has 1 aromatic carbocycles. The van der Waals surface area contributed by atoms with Crippen LogP contribution in [-0.2, 0) is 13.0 Å². The van der Waals surface area contributed by atoms with Crippen molar-refractivity contribution < 1.29 is 0 Å². The zero-order valence-electron chi connectivity index (χ0n) is 10.3. The van der Waals surface area contributed by atoms with Crippen molar-refractivity contribution >= 4 is 28.6 Å². The Morgan fingerprint density at radius 3 is 3.06 bits per heavy atom. The van der Waals surface area contributed by atoms with E-state index in [0.717, 1.165) is 13.1 Å². The zero-order chi connectivity index (χ0) is 12.5. The van der Waals surface area contributed by atoms with Crippen LogP contribution < -0.4 is 4.90 Å². The minimum atomic E-state index is 0.628. The van der Waals surface area contributed by atoms with Gasteiger partial charge in [-0.1, -0.05) is 36.7 Å². The summed E-state index contributed by atoms with van der Waals surface area (Å²) in [5, 5.41) is 0. The summed E-state index contributed by atoms with van der Waals surface area (Å²) in [5.41, 5.74) is 2.81. The van der Waals surface area contributed by atoms with Crippen molar-refractivity contribution in [3.63, 3.8) is 0 Å². The van der Waals surface area contributed by atoms with Crippen LogP contribution in [0.5, 0.6) is 0 Å². The summed E-state index contributed by atoms with van der Waals surface area (Å²) in [7, 11) is 0. The van der Waals surface area contributed by atoms with Crippen LogP contribution in [0.4, 0.5) is 5.69 Å². The lowest BCUT2D eigenvalue weighted by molar-refractivity contribution is 0.531. The highest BCUT2D eigenvalue weighted by Crippen LogP contribution is 2.31. The summed E-state index contributed by atoms with van der Waals surface area (Å²) in [4.78, 5) is 7.78. The van der Waals surface area contributed by atoms with E-state index in [-0.39, 0.29) is 0 Å². The van der Waals surface area contributed by atoms with Gasteiger partial charge < -0.3 is 4.90 Å². The SMILES string of the molecule is CC1Cc2ccccc2N(Cc2cnc(Cl)s2)C1. The standard InChI is InChI=1S/C14H15ClN2S/c1-10-6-11-4-2-3-5-13(11)17(8-10)9-12-7-16-14(15)18-12/h2-5,7,10H,6,8-9H2,1H3. The molecule has 18 heavy (non-hydrogen) atoms. The van der Waals surface area contributed by atoms with E-state index in [4.69, 9.17) is 11.6 Å². The van der Waals surface area contributed by atoms with Crippen LogP contribution in [0.3, 0.4) is 0 Å². The van der Waals surface area contributed by atoms with E-state index in [1.807, 2.05) is 6.20 Å². The molecule has 0 fully saturated rings. The quantitative estimate of drug-likeness (QED) is 0.826. The molecular formula is C14H15ClN2S. The minimum absolute atomic E-state index is 0.628. The minimum Gasteiger partial charge on any atom is -0.366 e. The Hall–Kier alpha value is -1.06. The highest BCUT2D eigenvalue weighted by Gasteiger charge is 2.21. The van der Waals surface area contributed by atoms with E-state index in [1.54, 1.807) is 11.3 Å². The normalized spacial score (nSPS) is 18.8. The van der Waals surface area contributed by atoms with Crippen molar-refractivity contribution in [1.82, 2.24) is 4.98 Å². The van der Waals surface area contributed by atoms with Gasteiger partial charge in [0.15, 0.2) is 4.47 Å². The highest BCUT2D eigenvalue weighted by molar-refractivity contribution is 7.15. The van der Waals surface area contributed by atoms with Crippen molar-refractivity contribution in [3.8, 4) is 0 Å². The summed E-state index contributed by atoms with van der Waals surface area (Å²) in [6, 6.07) is 8.68. The van der Waals surface area contributed by atoms with E-state index in [0.29, 0.717) is 10.4 Å². The monoisotopic (exact) mass is 278 g/mol. The molecule has 1 aliphatic heterocycles. The van der Waals surface area contributed by atoms with Crippen LogP contribution in [0.1, 0.15) is 17.4 Å². The fourth-order valence-corrected chi connectivity index (χ4v) is 3.59. The topological polar surface area (TPSA) is 16.1 Å². The summed E-state index contributed by atoms with van der Waals surface area (Å²) in [6.07, 6.45) is 3.06. The third-order valence-corrected chi connectivity index (χ3v) is 4.40. The van der Waals surface area contributed by atoms with E-state index in [9.17, 15) is 0 Å².